The molecule has 0 radical (unpaired) electrons. The second-order valence-corrected chi connectivity index (χ2v) is 8.63. The highest BCUT2D eigenvalue weighted by Crippen LogP contribution is 2.20. The molecule has 0 aliphatic carbocycles. The third kappa shape index (κ3) is 4.58. The van der Waals surface area contributed by atoms with E-state index in [4.69, 9.17) is 4.74 Å². The van der Waals surface area contributed by atoms with Crippen molar-refractivity contribution in [2.24, 2.45) is 7.05 Å². The lowest BCUT2D eigenvalue weighted by molar-refractivity contribution is -0.113. The van der Waals surface area contributed by atoms with Gasteiger partial charge in [-0.15, -0.1) is 5.10 Å². The van der Waals surface area contributed by atoms with Crippen LogP contribution in [0.25, 0.3) is 0 Å². The molecule has 2 aromatic rings. The van der Waals surface area contributed by atoms with Gasteiger partial charge in [0, 0.05) is 25.8 Å². The fraction of sp³-hybridized carbons (Fsp3) is 0.400. The Balaban J connectivity index is 1.59. The zero-order valence-corrected chi connectivity index (χ0v) is 16.2. The lowest BCUT2D eigenvalue weighted by Crippen LogP contribution is -2.40. The smallest absolute Gasteiger partial charge is 0.343 e. The molecule has 0 spiro atoms. The molecule has 1 saturated heterocycles. The number of aromatic amines is 1. The van der Waals surface area contributed by atoms with Crippen LogP contribution in [-0.2, 0) is 26.6 Å². The molecule has 10 nitrogen and oxygen atoms in total. The first-order chi connectivity index (χ1) is 12.9. The highest BCUT2D eigenvalue weighted by atomic mass is 32.2. The largest absolute Gasteiger partial charge is 0.379 e. The first kappa shape index (κ1) is 19.6. The fourth-order valence-corrected chi connectivity index (χ4v) is 4.56. The summed E-state index contributed by atoms with van der Waals surface area (Å²) in [5, 5.41) is 9.19. The van der Waals surface area contributed by atoms with E-state index >= 15 is 0 Å². The number of ether oxygens (including phenoxy) is 1. The molecule has 0 atom stereocenters. The molecule has 0 bridgehead atoms. The summed E-state index contributed by atoms with van der Waals surface area (Å²) >= 11 is 1.12. The number of H-pyrrole nitrogens is 1. The molecular weight excluding hydrogens is 394 g/mol. The summed E-state index contributed by atoms with van der Waals surface area (Å²) in [6.45, 7) is 1.42. The van der Waals surface area contributed by atoms with E-state index in [2.05, 4.69) is 15.5 Å². The van der Waals surface area contributed by atoms with E-state index in [0.29, 0.717) is 37.1 Å². The Morgan fingerprint density at radius 3 is 2.56 bits per heavy atom. The van der Waals surface area contributed by atoms with Gasteiger partial charge >= 0.3 is 5.69 Å². The number of thioether (sulfide) groups is 1. The highest BCUT2D eigenvalue weighted by Gasteiger charge is 2.26. The zero-order valence-electron chi connectivity index (χ0n) is 14.5. The van der Waals surface area contributed by atoms with Crippen LogP contribution in [0.3, 0.4) is 0 Å². The molecule has 1 aromatic carbocycles. The van der Waals surface area contributed by atoms with Crippen LogP contribution in [-0.4, -0.2) is 65.5 Å². The fourth-order valence-electron chi connectivity index (χ4n) is 2.44. The number of benzene rings is 1. The Labute approximate surface area is 159 Å². The Morgan fingerprint density at radius 1 is 1.30 bits per heavy atom. The minimum absolute atomic E-state index is 0.0615. The van der Waals surface area contributed by atoms with Gasteiger partial charge in [-0.05, 0) is 24.3 Å². The van der Waals surface area contributed by atoms with Crippen LogP contribution < -0.4 is 11.0 Å². The average Bonchev–Trinajstić information content (AvgIpc) is 2.99. The lowest BCUT2D eigenvalue weighted by Gasteiger charge is -2.26. The van der Waals surface area contributed by atoms with E-state index in [9.17, 15) is 18.0 Å². The van der Waals surface area contributed by atoms with Crippen molar-refractivity contribution < 1.29 is 17.9 Å². The number of hydrogen-bond acceptors (Lipinski definition) is 7. The van der Waals surface area contributed by atoms with Gasteiger partial charge < -0.3 is 10.1 Å². The van der Waals surface area contributed by atoms with Crippen LogP contribution in [0, 0.1) is 0 Å². The number of carbonyl (C=O) groups excluding carboxylic acids is 1. The molecule has 3 rings (SSSR count). The van der Waals surface area contributed by atoms with Crippen molar-refractivity contribution in [2.75, 3.05) is 37.4 Å². The van der Waals surface area contributed by atoms with Crippen LogP contribution in [0.1, 0.15) is 0 Å². The number of nitrogens with zero attached hydrogens (tertiary/aromatic N) is 3. The summed E-state index contributed by atoms with van der Waals surface area (Å²) in [5.74, 6) is -0.231. The van der Waals surface area contributed by atoms with E-state index < -0.39 is 10.0 Å². The van der Waals surface area contributed by atoms with Crippen LogP contribution in [0.15, 0.2) is 39.1 Å². The molecule has 1 aliphatic heterocycles. The van der Waals surface area contributed by atoms with Gasteiger partial charge in [0.15, 0.2) is 5.16 Å². The minimum Gasteiger partial charge on any atom is -0.379 e. The third-order valence-corrected chi connectivity index (χ3v) is 6.86. The van der Waals surface area contributed by atoms with Crippen LogP contribution in [0.2, 0.25) is 0 Å². The van der Waals surface area contributed by atoms with Crippen molar-refractivity contribution in [3.63, 3.8) is 0 Å². The summed E-state index contributed by atoms with van der Waals surface area (Å²) in [6.07, 6.45) is 0. The van der Waals surface area contributed by atoms with Gasteiger partial charge in [0.25, 0.3) is 0 Å². The van der Waals surface area contributed by atoms with Gasteiger partial charge in [-0.1, -0.05) is 11.8 Å². The topological polar surface area (TPSA) is 126 Å². The maximum Gasteiger partial charge on any atom is 0.343 e. The van der Waals surface area contributed by atoms with E-state index in [1.165, 1.54) is 21.0 Å². The maximum atomic E-state index is 12.6. The standard InChI is InChI=1S/C15H19N5O5S2/c1-19-14(22)17-18-15(19)26-10-13(21)16-11-2-4-12(5-3-11)27(23,24)20-6-8-25-9-7-20/h2-5H,6-10H2,1H3,(H,16,21)(H,17,22). The Morgan fingerprint density at radius 2 is 1.96 bits per heavy atom. The zero-order chi connectivity index (χ0) is 19.4. The average molecular weight is 413 g/mol. The van der Waals surface area contributed by atoms with Crippen molar-refractivity contribution >= 4 is 33.4 Å². The normalized spacial score (nSPS) is 15.6. The molecule has 1 amide bonds. The first-order valence-electron chi connectivity index (χ1n) is 8.10. The SMILES string of the molecule is Cn1c(SCC(=O)Nc2ccc(S(=O)(=O)N3CCOCC3)cc2)n[nH]c1=O. The molecular formula is C15H19N5O5S2. The second-order valence-electron chi connectivity index (χ2n) is 5.75. The van der Waals surface area contributed by atoms with Gasteiger partial charge in [-0.2, -0.15) is 4.31 Å². The maximum absolute atomic E-state index is 12.6. The Kier molecular flexibility index (Phi) is 5.99. The summed E-state index contributed by atoms with van der Waals surface area (Å²) < 4.78 is 33.0. The number of morpholine rings is 1. The Bertz CT molecular complexity index is 961. The third-order valence-electron chi connectivity index (χ3n) is 3.92. The number of rotatable bonds is 6. The van der Waals surface area contributed by atoms with Gasteiger partial charge in [-0.25, -0.2) is 18.3 Å². The lowest BCUT2D eigenvalue weighted by atomic mass is 10.3. The molecule has 2 N–H and O–H groups in total. The number of aromatic nitrogens is 3. The quantitative estimate of drug-likeness (QED) is 0.631. The molecule has 12 heteroatoms. The summed E-state index contributed by atoms with van der Waals surface area (Å²) in [4.78, 5) is 23.5. The van der Waals surface area contributed by atoms with E-state index in [1.54, 1.807) is 19.2 Å². The van der Waals surface area contributed by atoms with Crippen molar-refractivity contribution in [1.29, 1.82) is 0 Å². The van der Waals surface area contributed by atoms with Gasteiger partial charge in [0.05, 0.1) is 23.9 Å². The molecule has 146 valence electrons. The van der Waals surface area contributed by atoms with Crippen molar-refractivity contribution in [2.45, 2.75) is 10.1 Å². The van der Waals surface area contributed by atoms with Crippen LogP contribution >= 0.6 is 11.8 Å². The van der Waals surface area contributed by atoms with Gasteiger partial charge in [0.2, 0.25) is 15.9 Å². The molecule has 1 aromatic heterocycles. The molecule has 1 aliphatic rings. The molecule has 27 heavy (non-hydrogen) atoms. The number of carbonyl (C=O) groups is 1. The van der Waals surface area contributed by atoms with Crippen LogP contribution in [0.5, 0.6) is 0 Å². The van der Waals surface area contributed by atoms with Crippen molar-refractivity contribution in [3.8, 4) is 0 Å². The van der Waals surface area contributed by atoms with E-state index in [0.717, 1.165) is 11.8 Å². The van der Waals surface area contributed by atoms with Crippen molar-refractivity contribution in [3.05, 3.63) is 34.7 Å². The number of hydrogen-bond donors (Lipinski definition) is 2. The van der Waals surface area contributed by atoms with Crippen LogP contribution in [0.4, 0.5) is 5.69 Å². The first-order valence-corrected chi connectivity index (χ1v) is 10.5. The van der Waals surface area contributed by atoms with Gasteiger partial charge in [0.1, 0.15) is 0 Å². The molecule has 1 fully saturated rings. The summed E-state index contributed by atoms with van der Waals surface area (Å²) in [7, 11) is -2.01. The molecule has 0 unspecified atom stereocenters. The van der Waals surface area contributed by atoms with Gasteiger partial charge in [-0.3, -0.25) is 9.36 Å². The second kappa shape index (κ2) is 8.25. The minimum atomic E-state index is -3.56. The van der Waals surface area contributed by atoms with Crippen molar-refractivity contribution in [1.82, 2.24) is 19.1 Å². The summed E-state index contributed by atoms with van der Waals surface area (Å²) in [5.41, 5.74) is 0.132. The molecule has 2 heterocycles. The monoisotopic (exact) mass is 413 g/mol. The number of anilines is 1. The number of sulfonamides is 1. The van der Waals surface area contributed by atoms with E-state index in [-0.39, 0.29) is 22.2 Å². The number of amides is 1. The summed E-state index contributed by atoms with van der Waals surface area (Å²) in [6, 6.07) is 6.01. The predicted octanol–water partition coefficient (Wildman–Crippen LogP) is -0.140. The molecule has 0 saturated carbocycles. The number of nitrogens with one attached hydrogen (secondary N) is 2. The highest BCUT2D eigenvalue weighted by molar-refractivity contribution is 7.99. The predicted molar refractivity (Wildman–Crippen MR) is 99.2 cm³/mol. The van der Waals surface area contributed by atoms with E-state index in [1.807, 2.05) is 0 Å². The Hall–Kier alpha value is -2.15.